The monoisotopic (exact) mass is 380 g/mol. The normalized spacial score (nSPS) is 19.8. The molecule has 149 valence electrons. The van der Waals surface area contributed by atoms with Crippen molar-refractivity contribution >= 4 is 17.4 Å². The van der Waals surface area contributed by atoms with E-state index in [0.29, 0.717) is 23.7 Å². The lowest BCUT2D eigenvalue weighted by Gasteiger charge is -2.40. The summed E-state index contributed by atoms with van der Waals surface area (Å²) in [5.74, 6) is 1.19. The van der Waals surface area contributed by atoms with Crippen molar-refractivity contribution in [2.24, 2.45) is 5.92 Å². The number of piperazine rings is 1. The van der Waals surface area contributed by atoms with Crippen LogP contribution in [0.1, 0.15) is 56.1 Å². The molecule has 1 aliphatic heterocycles. The third-order valence-electron chi connectivity index (χ3n) is 5.09. The Morgan fingerprint density at radius 1 is 1.25 bits per heavy atom. The van der Waals surface area contributed by atoms with Crippen LogP contribution in [0.3, 0.4) is 0 Å². The molecule has 0 aliphatic carbocycles. The third kappa shape index (κ3) is 4.87. The van der Waals surface area contributed by atoms with Crippen LogP contribution in [0.15, 0.2) is 36.5 Å². The van der Waals surface area contributed by atoms with Gasteiger partial charge in [-0.15, -0.1) is 0 Å². The number of carbonyl (C=O) groups excluding carboxylic acids is 1. The molecule has 28 heavy (non-hydrogen) atoms. The van der Waals surface area contributed by atoms with E-state index in [2.05, 4.69) is 41.0 Å². The molecular formula is C22H30N5O. The minimum absolute atomic E-state index is 0.0121. The fourth-order valence-corrected chi connectivity index (χ4v) is 3.92. The zero-order valence-corrected chi connectivity index (χ0v) is 17.0. The van der Waals surface area contributed by atoms with Crippen molar-refractivity contribution in [1.29, 1.82) is 0 Å². The van der Waals surface area contributed by atoms with E-state index in [1.165, 1.54) is 6.20 Å². The van der Waals surface area contributed by atoms with Gasteiger partial charge in [-0.1, -0.05) is 33.3 Å². The fourth-order valence-electron chi connectivity index (χ4n) is 3.92. The Balaban J connectivity index is 1.83. The second-order valence-corrected chi connectivity index (χ2v) is 7.99. The van der Waals surface area contributed by atoms with Gasteiger partial charge in [-0.3, -0.25) is 10.5 Å². The molecule has 3 heterocycles. The van der Waals surface area contributed by atoms with Crippen LogP contribution in [0.4, 0.5) is 11.6 Å². The van der Waals surface area contributed by atoms with Crippen molar-refractivity contribution in [3.8, 4) is 0 Å². The largest absolute Gasteiger partial charge is 0.353 e. The summed E-state index contributed by atoms with van der Waals surface area (Å²) in [6, 6.07) is 9.73. The Bertz CT molecular complexity index is 807. The molecule has 1 fully saturated rings. The molecule has 1 radical (unpaired) electrons. The summed E-state index contributed by atoms with van der Waals surface area (Å²) in [6.07, 6.45) is 4.90. The second kappa shape index (κ2) is 9.15. The van der Waals surface area contributed by atoms with Crippen LogP contribution >= 0.6 is 0 Å². The maximum atomic E-state index is 12.8. The van der Waals surface area contributed by atoms with Gasteiger partial charge in [-0.05, 0) is 43.0 Å². The lowest BCUT2D eigenvalue weighted by atomic mass is 9.98. The van der Waals surface area contributed by atoms with Gasteiger partial charge in [0.25, 0.3) is 0 Å². The maximum Gasteiger partial charge on any atom is 0.215 e. The first-order valence-electron chi connectivity index (χ1n) is 10.2. The maximum absolute atomic E-state index is 12.8. The Kier molecular flexibility index (Phi) is 6.62. The molecule has 3 rings (SSSR count). The number of carbonyl (C=O) groups is 1. The summed E-state index contributed by atoms with van der Waals surface area (Å²) >= 11 is 0. The van der Waals surface area contributed by atoms with Gasteiger partial charge in [0.2, 0.25) is 5.78 Å². The Labute approximate surface area is 167 Å². The van der Waals surface area contributed by atoms with Crippen molar-refractivity contribution in [3.05, 3.63) is 47.8 Å². The van der Waals surface area contributed by atoms with Crippen molar-refractivity contribution in [2.75, 3.05) is 18.0 Å². The fraction of sp³-hybridized carbons (Fsp3) is 0.500. The minimum atomic E-state index is -0.251. The highest BCUT2D eigenvalue weighted by atomic mass is 16.1. The number of anilines is 1. The molecule has 0 saturated carbocycles. The van der Waals surface area contributed by atoms with Crippen LogP contribution in [0.5, 0.6) is 0 Å². The molecular weight excluding hydrogens is 350 g/mol. The molecule has 0 bridgehead atoms. The molecule has 2 aromatic rings. The van der Waals surface area contributed by atoms with E-state index in [0.717, 1.165) is 38.2 Å². The van der Waals surface area contributed by atoms with E-state index < -0.39 is 0 Å². The van der Waals surface area contributed by atoms with Crippen LogP contribution in [-0.4, -0.2) is 40.9 Å². The summed E-state index contributed by atoms with van der Waals surface area (Å²) in [7, 11) is 0. The average Bonchev–Trinajstić information content (AvgIpc) is 2.67. The van der Waals surface area contributed by atoms with E-state index in [1.807, 2.05) is 12.1 Å². The van der Waals surface area contributed by atoms with E-state index in [-0.39, 0.29) is 17.2 Å². The van der Waals surface area contributed by atoms with E-state index in [1.54, 1.807) is 18.2 Å². The molecule has 2 N–H and O–H groups in total. The lowest BCUT2D eigenvalue weighted by Crippen LogP contribution is -2.57. The number of pyridine rings is 2. The van der Waals surface area contributed by atoms with Gasteiger partial charge in [0.05, 0.1) is 5.56 Å². The van der Waals surface area contributed by atoms with Crippen molar-refractivity contribution in [3.63, 3.8) is 0 Å². The quantitative estimate of drug-likeness (QED) is 0.742. The topological polar surface area (TPSA) is 81.9 Å². The van der Waals surface area contributed by atoms with Crippen LogP contribution in [0.2, 0.25) is 0 Å². The molecule has 1 saturated heterocycles. The highest BCUT2D eigenvalue weighted by Crippen LogP contribution is 2.22. The van der Waals surface area contributed by atoms with Gasteiger partial charge < -0.3 is 10.2 Å². The Morgan fingerprint density at radius 3 is 2.75 bits per heavy atom. The zero-order valence-electron chi connectivity index (χ0n) is 17.0. The summed E-state index contributed by atoms with van der Waals surface area (Å²) in [6.45, 7) is 8.49. The lowest BCUT2D eigenvalue weighted by molar-refractivity contribution is 0.103. The predicted molar refractivity (Wildman–Crippen MR) is 112 cm³/mol. The number of hydrogen-bond acceptors (Lipinski definition) is 5. The molecule has 0 aromatic carbocycles. The number of nitrogens with one attached hydrogen (secondary N) is 2. The van der Waals surface area contributed by atoms with Gasteiger partial charge in [0, 0.05) is 31.4 Å². The van der Waals surface area contributed by atoms with E-state index in [4.69, 9.17) is 5.73 Å². The molecule has 2 atom stereocenters. The molecule has 0 unspecified atom stereocenters. The number of nitrogens with zero attached hydrogens (tertiary/aromatic N) is 3. The number of hydrogen-bond donors (Lipinski definition) is 1. The van der Waals surface area contributed by atoms with Crippen molar-refractivity contribution in [2.45, 2.75) is 52.1 Å². The summed E-state index contributed by atoms with van der Waals surface area (Å²) in [5, 5.41) is 3.79. The molecule has 2 aromatic heterocycles. The van der Waals surface area contributed by atoms with E-state index in [9.17, 15) is 4.79 Å². The number of ketones is 1. The summed E-state index contributed by atoms with van der Waals surface area (Å²) in [5.41, 5.74) is 8.54. The smallest absolute Gasteiger partial charge is 0.215 e. The minimum Gasteiger partial charge on any atom is -0.353 e. The van der Waals surface area contributed by atoms with Crippen molar-refractivity contribution < 1.29 is 4.79 Å². The van der Waals surface area contributed by atoms with Crippen LogP contribution in [-0.2, 0) is 0 Å². The average molecular weight is 381 g/mol. The first-order chi connectivity index (χ1) is 13.5. The van der Waals surface area contributed by atoms with Gasteiger partial charge in [-0.25, -0.2) is 9.97 Å². The highest BCUT2D eigenvalue weighted by molar-refractivity contribution is 6.10. The highest BCUT2D eigenvalue weighted by Gasteiger charge is 2.27. The van der Waals surface area contributed by atoms with Gasteiger partial charge in [0.1, 0.15) is 11.5 Å². The van der Waals surface area contributed by atoms with Crippen LogP contribution < -0.4 is 16.0 Å². The van der Waals surface area contributed by atoms with Crippen LogP contribution in [0.25, 0.3) is 0 Å². The molecule has 0 spiro atoms. The summed E-state index contributed by atoms with van der Waals surface area (Å²) < 4.78 is 0. The van der Waals surface area contributed by atoms with Gasteiger partial charge in [0.15, 0.2) is 5.82 Å². The standard InChI is InChI=1S/C22H30N5O/c1-4-7-16-13-27(14-17(25-16)12-15(2)3)20-10-5-9-19(26-20)21(28)18-8-6-11-24-22(18)23/h5-6,8-11,15-17,23,25H,4,7,12-14H2,1-3H3/t16-,17+/m1/s1. The predicted octanol–water partition coefficient (Wildman–Crippen LogP) is 3.62. The van der Waals surface area contributed by atoms with E-state index >= 15 is 0 Å². The molecule has 1 aliphatic rings. The first-order valence-corrected chi connectivity index (χ1v) is 10.2. The number of rotatable bonds is 7. The number of aromatic nitrogens is 2. The summed E-state index contributed by atoms with van der Waals surface area (Å²) in [4.78, 5) is 23.7. The first kappa shape index (κ1) is 20.3. The Morgan fingerprint density at radius 2 is 2.04 bits per heavy atom. The zero-order chi connectivity index (χ0) is 20.1. The molecule has 6 heteroatoms. The molecule has 6 nitrogen and oxygen atoms in total. The van der Waals surface area contributed by atoms with Crippen molar-refractivity contribution in [1.82, 2.24) is 21.0 Å². The van der Waals surface area contributed by atoms with Gasteiger partial charge >= 0.3 is 0 Å². The second-order valence-electron chi connectivity index (χ2n) is 7.99. The van der Waals surface area contributed by atoms with Crippen LogP contribution in [0, 0.1) is 5.92 Å². The Hall–Kier alpha value is -2.47. The SMILES string of the molecule is CCC[C@@H]1CN(c2cccc(C(=O)c3cccnc3[NH])n2)C[C@H](CC(C)C)N1. The third-order valence-corrected chi connectivity index (χ3v) is 5.09. The van der Waals surface area contributed by atoms with Gasteiger partial charge in [-0.2, -0.15) is 0 Å². The molecule has 0 amide bonds.